The van der Waals surface area contributed by atoms with Gasteiger partial charge in [0.05, 0.1) is 6.04 Å². The van der Waals surface area contributed by atoms with E-state index in [4.69, 9.17) is 0 Å². The van der Waals surface area contributed by atoms with Crippen LogP contribution < -0.4 is 10.6 Å². The SMILES string of the molecule is CCc1ccc(C(C)NC(=O)/C(C#N)=C\NCc2ccccc2C)cc1. The Morgan fingerprint density at radius 3 is 2.50 bits per heavy atom. The molecule has 4 heteroatoms. The van der Waals surface area contributed by atoms with Gasteiger partial charge in [0.2, 0.25) is 0 Å². The first kappa shape index (κ1) is 19.3. The third-order valence-electron chi connectivity index (χ3n) is 4.40. The second-order valence-electron chi connectivity index (χ2n) is 6.27. The molecule has 1 atom stereocenters. The minimum absolute atomic E-state index is 0.0654. The summed E-state index contributed by atoms with van der Waals surface area (Å²) in [5.41, 5.74) is 4.63. The summed E-state index contributed by atoms with van der Waals surface area (Å²) in [7, 11) is 0. The number of benzene rings is 2. The number of rotatable bonds is 7. The molecule has 0 aliphatic carbocycles. The van der Waals surface area contributed by atoms with Gasteiger partial charge in [-0.25, -0.2) is 0 Å². The highest BCUT2D eigenvalue weighted by atomic mass is 16.1. The first-order valence-corrected chi connectivity index (χ1v) is 8.83. The molecule has 0 saturated heterocycles. The Bertz CT molecular complexity index is 816. The van der Waals surface area contributed by atoms with E-state index in [0.29, 0.717) is 6.54 Å². The highest BCUT2D eigenvalue weighted by Crippen LogP contribution is 2.14. The molecule has 2 N–H and O–H groups in total. The zero-order valence-electron chi connectivity index (χ0n) is 15.5. The summed E-state index contributed by atoms with van der Waals surface area (Å²) in [4.78, 5) is 12.3. The summed E-state index contributed by atoms with van der Waals surface area (Å²) in [6, 6.07) is 17.9. The predicted octanol–water partition coefficient (Wildman–Crippen LogP) is 3.93. The van der Waals surface area contributed by atoms with E-state index in [9.17, 15) is 10.1 Å². The van der Waals surface area contributed by atoms with E-state index < -0.39 is 0 Å². The van der Waals surface area contributed by atoms with Crippen molar-refractivity contribution in [3.05, 3.63) is 82.6 Å². The lowest BCUT2D eigenvalue weighted by molar-refractivity contribution is -0.117. The number of carbonyl (C=O) groups excluding carboxylic acids is 1. The zero-order chi connectivity index (χ0) is 18.9. The maximum Gasteiger partial charge on any atom is 0.263 e. The Morgan fingerprint density at radius 1 is 1.19 bits per heavy atom. The van der Waals surface area contributed by atoms with Gasteiger partial charge in [0.1, 0.15) is 11.6 Å². The third-order valence-corrected chi connectivity index (χ3v) is 4.40. The fourth-order valence-corrected chi connectivity index (χ4v) is 2.62. The summed E-state index contributed by atoms with van der Waals surface area (Å²) in [5.74, 6) is -0.378. The Balaban J connectivity index is 1.96. The number of aryl methyl sites for hydroxylation is 2. The predicted molar refractivity (Wildman–Crippen MR) is 104 cm³/mol. The second kappa shape index (κ2) is 9.43. The fourth-order valence-electron chi connectivity index (χ4n) is 2.62. The van der Waals surface area contributed by atoms with E-state index in [0.717, 1.165) is 17.5 Å². The Morgan fingerprint density at radius 2 is 1.88 bits per heavy atom. The molecule has 2 aromatic rings. The van der Waals surface area contributed by atoms with E-state index in [-0.39, 0.29) is 17.5 Å². The van der Waals surface area contributed by atoms with Crippen LogP contribution in [0.25, 0.3) is 0 Å². The van der Waals surface area contributed by atoms with E-state index >= 15 is 0 Å². The molecule has 0 aromatic heterocycles. The second-order valence-corrected chi connectivity index (χ2v) is 6.27. The lowest BCUT2D eigenvalue weighted by Gasteiger charge is -2.14. The first-order valence-electron chi connectivity index (χ1n) is 8.83. The summed E-state index contributed by atoms with van der Waals surface area (Å²) in [6.45, 7) is 6.62. The Kier molecular flexibility index (Phi) is 6.99. The normalized spacial score (nSPS) is 12.2. The van der Waals surface area contributed by atoms with Crippen molar-refractivity contribution in [2.45, 2.75) is 39.8 Å². The Hall–Kier alpha value is -3.06. The van der Waals surface area contributed by atoms with E-state index in [1.54, 1.807) is 0 Å². The van der Waals surface area contributed by atoms with Crippen LogP contribution in [0.2, 0.25) is 0 Å². The summed E-state index contributed by atoms with van der Waals surface area (Å²) < 4.78 is 0. The van der Waals surface area contributed by atoms with Gasteiger partial charge >= 0.3 is 0 Å². The standard InChI is InChI=1S/C22H25N3O/c1-4-18-9-11-19(12-10-18)17(3)25-22(26)21(13-23)15-24-14-20-8-6-5-7-16(20)2/h5-12,15,17,24H,4,14H2,1-3H3,(H,25,26)/b21-15-. The van der Waals surface area contributed by atoms with Crippen molar-refractivity contribution in [1.29, 1.82) is 5.26 Å². The van der Waals surface area contributed by atoms with Crippen molar-refractivity contribution in [3.63, 3.8) is 0 Å². The van der Waals surface area contributed by atoms with Crippen LogP contribution in [-0.2, 0) is 17.8 Å². The molecule has 0 aliphatic rings. The van der Waals surface area contributed by atoms with Crippen molar-refractivity contribution in [2.24, 2.45) is 0 Å². The lowest BCUT2D eigenvalue weighted by atomic mass is 10.0. The van der Waals surface area contributed by atoms with Crippen LogP contribution in [0.1, 0.15) is 42.1 Å². The number of nitriles is 1. The average molecular weight is 347 g/mol. The monoisotopic (exact) mass is 347 g/mol. The van der Waals surface area contributed by atoms with Crippen molar-refractivity contribution >= 4 is 5.91 Å². The van der Waals surface area contributed by atoms with Crippen molar-refractivity contribution in [2.75, 3.05) is 0 Å². The van der Waals surface area contributed by atoms with Crippen molar-refractivity contribution < 1.29 is 4.79 Å². The van der Waals surface area contributed by atoms with Gasteiger partial charge in [0.15, 0.2) is 0 Å². The van der Waals surface area contributed by atoms with Gasteiger partial charge in [-0.05, 0) is 42.5 Å². The molecule has 134 valence electrons. The molecule has 0 bridgehead atoms. The quantitative estimate of drug-likeness (QED) is 0.589. The van der Waals surface area contributed by atoms with E-state index in [1.165, 1.54) is 17.3 Å². The van der Waals surface area contributed by atoms with Crippen LogP contribution in [0.5, 0.6) is 0 Å². The largest absolute Gasteiger partial charge is 0.386 e. The third kappa shape index (κ3) is 5.22. The first-order chi connectivity index (χ1) is 12.5. The van der Waals surface area contributed by atoms with Gasteiger partial charge in [-0.2, -0.15) is 5.26 Å². The maximum absolute atomic E-state index is 12.3. The van der Waals surface area contributed by atoms with Gasteiger partial charge in [-0.3, -0.25) is 4.79 Å². The van der Waals surface area contributed by atoms with Crippen LogP contribution in [0, 0.1) is 18.3 Å². The molecule has 0 aliphatic heterocycles. The molecular weight excluding hydrogens is 322 g/mol. The van der Waals surface area contributed by atoms with Crippen molar-refractivity contribution in [3.8, 4) is 6.07 Å². The lowest BCUT2D eigenvalue weighted by Crippen LogP contribution is -2.28. The molecule has 2 rings (SSSR count). The smallest absolute Gasteiger partial charge is 0.263 e. The minimum atomic E-state index is -0.378. The van der Waals surface area contributed by atoms with Gasteiger partial charge < -0.3 is 10.6 Å². The molecule has 1 amide bonds. The number of hydrogen-bond acceptors (Lipinski definition) is 3. The van der Waals surface area contributed by atoms with E-state index in [2.05, 4.69) is 29.7 Å². The fraction of sp³-hybridized carbons (Fsp3) is 0.273. The molecule has 0 spiro atoms. The molecule has 0 heterocycles. The highest BCUT2D eigenvalue weighted by Gasteiger charge is 2.13. The topological polar surface area (TPSA) is 64.9 Å². The average Bonchev–Trinajstić information content (AvgIpc) is 2.66. The summed E-state index contributed by atoms with van der Waals surface area (Å²) >= 11 is 0. The highest BCUT2D eigenvalue weighted by molar-refractivity contribution is 5.97. The van der Waals surface area contributed by atoms with Crippen LogP contribution in [-0.4, -0.2) is 5.91 Å². The van der Waals surface area contributed by atoms with E-state index in [1.807, 2.05) is 56.3 Å². The maximum atomic E-state index is 12.3. The molecule has 1 unspecified atom stereocenters. The number of hydrogen-bond donors (Lipinski definition) is 2. The van der Waals surface area contributed by atoms with Crippen LogP contribution in [0.3, 0.4) is 0 Å². The Labute approximate surface area is 155 Å². The molecule has 2 aromatic carbocycles. The van der Waals surface area contributed by atoms with Gasteiger partial charge in [-0.1, -0.05) is 55.5 Å². The molecular formula is C22H25N3O. The number of nitrogens with one attached hydrogen (secondary N) is 2. The molecule has 0 saturated carbocycles. The molecule has 0 radical (unpaired) electrons. The van der Waals surface area contributed by atoms with Crippen molar-refractivity contribution in [1.82, 2.24) is 10.6 Å². The van der Waals surface area contributed by atoms with Crippen LogP contribution in [0.4, 0.5) is 0 Å². The summed E-state index contributed by atoms with van der Waals surface area (Å²) in [5, 5.41) is 15.2. The van der Waals surface area contributed by atoms with Gasteiger partial charge in [0, 0.05) is 12.7 Å². The summed E-state index contributed by atoms with van der Waals surface area (Å²) in [6.07, 6.45) is 2.46. The molecule has 4 nitrogen and oxygen atoms in total. The number of carbonyl (C=O) groups is 1. The van der Waals surface area contributed by atoms with Crippen LogP contribution in [0.15, 0.2) is 60.3 Å². The molecule has 0 fully saturated rings. The number of amides is 1. The number of nitrogens with zero attached hydrogens (tertiary/aromatic N) is 1. The molecule has 26 heavy (non-hydrogen) atoms. The minimum Gasteiger partial charge on any atom is -0.386 e. The van der Waals surface area contributed by atoms with Gasteiger partial charge in [0.25, 0.3) is 5.91 Å². The van der Waals surface area contributed by atoms with Gasteiger partial charge in [-0.15, -0.1) is 0 Å². The zero-order valence-corrected chi connectivity index (χ0v) is 15.5. The van der Waals surface area contributed by atoms with Crippen LogP contribution >= 0.6 is 0 Å².